The zero-order chi connectivity index (χ0) is 24.6. The molecule has 0 aliphatic carbocycles. The van der Waals surface area contributed by atoms with Crippen molar-refractivity contribution in [2.45, 2.75) is 24.8 Å². The number of thiocarbonyl (C=S) groups is 1. The van der Waals surface area contributed by atoms with Crippen LogP contribution in [0.3, 0.4) is 0 Å². The Balaban J connectivity index is 1.86. The molecule has 10 heteroatoms. The van der Waals surface area contributed by atoms with E-state index in [0.29, 0.717) is 26.0 Å². The monoisotopic (exact) mass is 512 g/mol. The van der Waals surface area contributed by atoms with E-state index >= 15 is 0 Å². The summed E-state index contributed by atoms with van der Waals surface area (Å²) in [5.41, 5.74) is 2.72. The van der Waals surface area contributed by atoms with E-state index in [-0.39, 0.29) is 16.8 Å². The second kappa shape index (κ2) is 9.46. The minimum absolute atomic E-state index is 0.0437. The van der Waals surface area contributed by atoms with Gasteiger partial charge >= 0.3 is 0 Å². The zero-order valence-corrected chi connectivity index (χ0v) is 21.6. The molecule has 34 heavy (non-hydrogen) atoms. The fourth-order valence-corrected chi connectivity index (χ4v) is 5.97. The maximum Gasteiger partial charge on any atom is 0.266 e. The van der Waals surface area contributed by atoms with Crippen LogP contribution < -0.4 is 0 Å². The molecule has 2 aromatic carbocycles. The predicted molar refractivity (Wildman–Crippen MR) is 140 cm³/mol. The fourth-order valence-electron chi connectivity index (χ4n) is 3.51. The van der Waals surface area contributed by atoms with Gasteiger partial charge < -0.3 is 0 Å². The van der Waals surface area contributed by atoms with Gasteiger partial charge in [0.25, 0.3) is 5.91 Å². The van der Waals surface area contributed by atoms with Crippen LogP contribution in [0.1, 0.15) is 19.4 Å². The topological polar surface area (TPSA) is 75.5 Å². The molecule has 0 unspecified atom stereocenters. The molecule has 1 aliphatic rings. The Labute approximate surface area is 209 Å². The normalized spacial score (nSPS) is 15.8. The van der Waals surface area contributed by atoms with Gasteiger partial charge in [0.05, 0.1) is 15.5 Å². The summed E-state index contributed by atoms with van der Waals surface area (Å²) >= 11 is 6.67. The lowest BCUT2D eigenvalue weighted by Gasteiger charge is -2.18. The molecule has 0 spiro atoms. The smallest absolute Gasteiger partial charge is 0.266 e. The Morgan fingerprint density at radius 1 is 1.09 bits per heavy atom. The second-order valence-electron chi connectivity index (χ2n) is 8.17. The van der Waals surface area contributed by atoms with E-state index in [9.17, 15) is 13.2 Å². The molecule has 4 rings (SSSR count). The quantitative estimate of drug-likeness (QED) is 0.360. The molecule has 176 valence electrons. The van der Waals surface area contributed by atoms with Gasteiger partial charge in [0, 0.05) is 37.5 Å². The number of rotatable bonds is 6. The maximum absolute atomic E-state index is 13.0. The maximum atomic E-state index is 13.0. The van der Waals surface area contributed by atoms with Crippen LogP contribution in [0.4, 0.5) is 0 Å². The third-order valence-corrected chi connectivity index (χ3v) is 8.42. The van der Waals surface area contributed by atoms with Crippen LogP contribution in [-0.2, 0) is 14.8 Å². The number of hydrogen-bond acceptors (Lipinski definition) is 6. The fraction of sp³-hybridized carbons (Fsp3) is 0.208. The number of sulfonamides is 1. The van der Waals surface area contributed by atoms with Crippen molar-refractivity contribution in [2.75, 3.05) is 14.1 Å². The molecule has 1 aliphatic heterocycles. The Morgan fingerprint density at radius 3 is 2.41 bits per heavy atom. The third kappa shape index (κ3) is 4.58. The van der Waals surface area contributed by atoms with Crippen LogP contribution in [0.15, 0.2) is 70.6 Å². The minimum Gasteiger partial charge on any atom is -0.290 e. The third-order valence-electron chi connectivity index (χ3n) is 5.28. The molecule has 0 atom stereocenters. The lowest BCUT2D eigenvalue weighted by atomic mass is 10.1. The van der Waals surface area contributed by atoms with Crippen LogP contribution in [0.2, 0.25) is 0 Å². The Bertz CT molecular complexity index is 1390. The van der Waals surface area contributed by atoms with Crippen LogP contribution in [0, 0.1) is 0 Å². The second-order valence-corrected chi connectivity index (χ2v) is 12.0. The van der Waals surface area contributed by atoms with E-state index in [4.69, 9.17) is 17.3 Å². The summed E-state index contributed by atoms with van der Waals surface area (Å²) in [7, 11) is -0.631. The standard InChI is InChI=1S/C24H24N4O3S3/c1-16(2)28-23(29)21(33-24(28)32)14-18-15-27(19-10-6-5-7-11-19)25-22(18)17-9-8-12-20(13-17)34(30,31)26(3)4/h5-16H,1-4H3/b21-14-. The summed E-state index contributed by atoms with van der Waals surface area (Å²) in [5.74, 6) is -0.146. The molecule has 0 N–H and O–H groups in total. The first kappa shape index (κ1) is 24.3. The lowest BCUT2D eigenvalue weighted by molar-refractivity contribution is -0.123. The first-order valence-corrected chi connectivity index (χ1v) is 13.2. The van der Waals surface area contributed by atoms with Crippen molar-refractivity contribution < 1.29 is 13.2 Å². The number of carbonyl (C=O) groups excluding carboxylic acids is 1. The van der Waals surface area contributed by atoms with Crippen molar-refractivity contribution in [1.82, 2.24) is 19.0 Å². The molecule has 2 heterocycles. The number of nitrogens with zero attached hydrogens (tertiary/aromatic N) is 4. The number of amides is 1. The van der Waals surface area contributed by atoms with E-state index in [2.05, 4.69) is 0 Å². The van der Waals surface area contributed by atoms with E-state index in [1.165, 1.54) is 30.2 Å². The number of aromatic nitrogens is 2. The highest BCUT2D eigenvalue weighted by atomic mass is 32.2. The van der Waals surface area contributed by atoms with Crippen LogP contribution in [0.25, 0.3) is 23.0 Å². The van der Waals surface area contributed by atoms with E-state index in [1.807, 2.05) is 56.4 Å². The molecule has 0 saturated carbocycles. The Hall–Kier alpha value is -2.79. The van der Waals surface area contributed by atoms with Gasteiger partial charge in [-0.15, -0.1) is 0 Å². The van der Waals surface area contributed by atoms with Gasteiger partial charge in [-0.1, -0.05) is 54.3 Å². The summed E-state index contributed by atoms with van der Waals surface area (Å²) in [5, 5.41) is 4.76. The lowest BCUT2D eigenvalue weighted by Crippen LogP contribution is -2.34. The number of para-hydroxylation sites is 1. The molecule has 7 nitrogen and oxygen atoms in total. The molecule has 1 fully saturated rings. The first-order valence-electron chi connectivity index (χ1n) is 10.5. The average Bonchev–Trinajstić information content (AvgIpc) is 3.35. The van der Waals surface area contributed by atoms with Gasteiger partial charge in [0.15, 0.2) is 0 Å². The van der Waals surface area contributed by atoms with Gasteiger partial charge in [-0.2, -0.15) is 5.10 Å². The number of thioether (sulfide) groups is 1. The summed E-state index contributed by atoms with van der Waals surface area (Å²) in [4.78, 5) is 15.3. The van der Waals surface area contributed by atoms with Crippen molar-refractivity contribution >= 4 is 50.3 Å². The van der Waals surface area contributed by atoms with Gasteiger partial charge in [0.1, 0.15) is 10.0 Å². The summed E-state index contributed by atoms with van der Waals surface area (Å²) in [6, 6.07) is 16.2. The van der Waals surface area contributed by atoms with Crippen LogP contribution >= 0.6 is 24.0 Å². The molecule has 3 aromatic rings. The number of benzene rings is 2. The van der Waals surface area contributed by atoms with E-state index in [1.54, 1.807) is 33.9 Å². The molecule has 0 radical (unpaired) electrons. The highest BCUT2D eigenvalue weighted by Crippen LogP contribution is 2.36. The van der Waals surface area contributed by atoms with Crippen molar-refractivity contribution in [3.05, 3.63) is 71.3 Å². The highest BCUT2D eigenvalue weighted by Gasteiger charge is 2.34. The highest BCUT2D eigenvalue weighted by molar-refractivity contribution is 8.26. The molecule has 1 aromatic heterocycles. The minimum atomic E-state index is -3.62. The van der Waals surface area contributed by atoms with Crippen molar-refractivity contribution in [3.63, 3.8) is 0 Å². The molecular formula is C24H24N4O3S3. The molecule has 1 saturated heterocycles. The summed E-state index contributed by atoms with van der Waals surface area (Å²) in [6.07, 6.45) is 3.61. The van der Waals surface area contributed by atoms with Crippen molar-refractivity contribution in [2.24, 2.45) is 0 Å². The van der Waals surface area contributed by atoms with Gasteiger partial charge in [-0.05, 0) is 44.2 Å². The SMILES string of the molecule is CC(C)N1C(=O)/C(=C/c2cn(-c3ccccc3)nc2-c2cccc(S(=O)(=O)N(C)C)c2)SC1=S. The Morgan fingerprint density at radius 2 is 1.79 bits per heavy atom. The number of hydrogen-bond donors (Lipinski definition) is 0. The number of carbonyl (C=O) groups is 1. The van der Waals surface area contributed by atoms with Crippen LogP contribution in [-0.4, -0.2) is 57.8 Å². The summed E-state index contributed by atoms with van der Waals surface area (Å²) in [6.45, 7) is 3.84. The Kier molecular flexibility index (Phi) is 6.77. The zero-order valence-electron chi connectivity index (χ0n) is 19.2. The first-order chi connectivity index (χ1) is 16.1. The van der Waals surface area contributed by atoms with Gasteiger partial charge in [0.2, 0.25) is 10.0 Å². The van der Waals surface area contributed by atoms with Gasteiger partial charge in [-0.25, -0.2) is 17.4 Å². The molecular weight excluding hydrogens is 488 g/mol. The van der Waals surface area contributed by atoms with Crippen molar-refractivity contribution in [1.29, 1.82) is 0 Å². The largest absolute Gasteiger partial charge is 0.290 e. The van der Waals surface area contributed by atoms with Gasteiger partial charge in [-0.3, -0.25) is 9.69 Å². The predicted octanol–water partition coefficient (Wildman–Crippen LogP) is 4.40. The van der Waals surface area contributed by atoms with Crippen LogP contribution in [0.5, 0.6) is 0 Å². The molecule has 0 bridgehead atoms. The average molecular weight is 513 g/mol. The summed E-state index contributed by atoms with van der Waals surface area (Å²) < 4.78 is 28.8. The molecule has 1 amide bonds. The van der Waals surface area contributed by atoms with E-state index in [0.717, 1.165) is 5.69 Å². The van der Waals surface area contributed by atoms with Crippen molar-refractivity contribution in [3.8, 4) is 16.9 Å². The van der Waals surface area contributed by atoms with E-state index < -0.39 is 10.0 Å².